The van der Waals surface area contributed by atoms with E-state index in [-0.39, 0.29) is 11.4 Å². The van der Waals surface area contributed by atoms with E-state index in [9.17, 15) is 14.9 Å². The van der Waals surface area contributed by atoms with Gasteiger partial charge in [-0.2, -0.15) is 10.2 Å². The summed E-state index contributed by atoms with van der Waals surface area (Å²) in [4.78, 5) is 22.6. The van der Waals surface area contributed by atoms with Gasteiger partial charge in [-0.3, -0.25) is 20.0 Å². The molecular formula is C20H19N5O4. The van der Waals surface area contributed by atoms with Crippen LogP contribution in [-0.4, -0.2) is 33.8 Å². The first kappa shape index (κ1) is 19.7. The van der Waals surface area contributed by atoms with Crippen LogP contribution in [0.1, 0.15) is 29.4 Å². The Labute approximate surface area is 166 Å². The molecule has 0 fully saturated rings. The van der Waals surface area contributed by atoms with Gasteiger partial charge >= 0.3 is 0 Å². The van der Waals surface area contributed by atoms with Crippen LogP contribution in [0.3, 0.4) is 0 Å². The molecule has 1 aromatic heterocycles. The molecule has 0 bridgehead atoms. The fourth-order valence-corrected chi connectivity index (χ4v) is 2.54. The lowest BCUT2D eigenvalue weighted by atomic mass is 10.1. The van der Waals surface area contributed by atoms with Gasteiger partial charge in [0.15, 0.2) is 0 Å². The Morgan fingerprint density at radius 1 is 1.28 bits per heavy atom. The van der Waals surface area contributed by atoms with Crippen LogP contribution in [-0.2, 0) is 0 Å². The number of ether oxygens (including phenoxy) is 1. The molecule has 0 aliphatic heterocycles. The van der Waals surface area contributed by atoms with E-state index >= 15 is 0 Å². The van der Waals surface area contributed by atoms with Gasteiger partial charge in [-0.15, -0.1) is 0 Å². The third-order valence-corrected chi connectivity index (χ3v) is 3.91. The number of non-ortho nitro benzene ring substituents is 1. The van der Waals surface area contributed by atoms with Gasteiger partial charge in [0.25, 0.3) is 11.6 Å². The lowest BCUT2D eigenvalue weighted by Crippen LogP contribution is -2.18. The Hall–Kier alpha value is -4.01. The number of nitro benzene ring substituents is 1. The van der Waals surface area contributed by atoms with E-state index in [2.05, 4.69) is 20.7 Å². The second kappa shape index (κ2) is 9.27. The standard InChI is InChI=1S/C20H19N5O4/c1-2-10-29-19-9-4-3-8-16(19)17-12-18(23-22-17)20(26)24-21-13-14-6-5-7-15(11-14)25(27)28/h3-9,11-13H,2,10H2,1H3,(H,22,23)(H,24,26)/b21-13+. The zero-order chi connectivity index (χ0) is 20.6. The maximum absolute atomic E-state index is 12.3. The van der Waals surface area contributed by atoms with Crippen molar-refractivity contribution in [2.24, 2.45) is 5.10 Å². The number of aromatic nitrogens is 2. The normalized spacial score (nSPS) is 10.8. The van der Waals surface area contributed by atoms with Crippen molar-refractivity contribution < 1.29 is 14.5 Å². The molecule has 3 aromatic rings. The third-order valence-electron chi connectivity index (χ3n) is 3.91. The zero-order valence-electron chi connectivity index (χ0n) is 15.7. The van der Waals surface area contributed by atoms with Crippen molar-refractivity contribution in [3.05, 3.63) is 76.0 Å². The maximum Gasteiger partial charge on any atom is 0.289 e. The van der Waals surface area contributed by atoms with Crippen molar-refractivity contribution in [2.75, 3.05) is 6.61 Å². The number of para-hydroxylation sites is 1. The average molecular weight is 393 g/mol. The SMILES string of the molecule is CCCOc1ccccc1-c1cc(C(=O)N/N=C/c2cccc([N+](=O)[O-])c2)[nH]n1. The zero-order valence-corrected chi connectivity index (χ0v) is 15.7. The van der Waals surface area contributed by atoms with E-state index in [1.54, 1.807) is 18.2 Å². The van der Waals surface area contributed by atoms with Gasteiger partial charge in [-0.1, -0.05) is 31.2 Å². The first-order valence-corrected chi connectivity index (χ1v) is 8.94. The van der Waals surface area contributed by atoms with Crippen molar-refractivity contribution in [2.45, 2.75) is 13.3 Å². The molecule has 148 valence electrons. The minimum Gasteiger partial charge on any atom is -0.493 e. The van der Waals surface area contributed by atoms with E-state index in [1.807, 2.05) is 31.2 Å². The number of hydrogen-bond acceptors (Lipinski definition) is 6. The first-order valence-electron chi connectivity index (χ1n) is 8.94. The number of H-pyrrole nitrogens is 1. The highest BCUT2D eigenvalue weighted by Gasteiger charge is 2.13. The largest absolute Gasteiger partial charge is 0.493 e. The van der Waals surface area contributed by atoms with Crippen LogP contribution in [0.5, 0.6) is 5.75 Å². The van der Waals surface area contributed by atoms with Crippen LogP contribution in [0, 0.1) is 10.1 Å². The molecule has 3 rings (SSSR count). The molecule has 0 radical (unpaired) electrons. The van der Waals surface area contributed by atoms with Crippen LogP contribution in [0.25, 0.3) is 11.3 Å². The molecule has 9 heteroatoms. The van der Waals surface area contributed by atoms with Gasteiger partial charge in [0.2, 0.25) is 0 Å². The molecule has 0 saturated heterocycles. The fourth-order valence-electron chi connectivity index (χ4n) is 2.54. The number of hydrogen-bond donors (Lipinski definition) is 2. The number of amides is 1. The van der Waals surface area contributed by atoms with Gasteiger partial charge in [0, 0.05) is 23.3 Å². The van der Waals surface area contributed by atoms with Gasteiger partial charge in [-0.05, 0) is 24.6 Å². The predicted molar refractivity (Wildman–Crippen MR) is 108 cm³/mol. The summed E-state index contributed by atoms with van der Waals surface area (Å²) in [5, 5.41) is 21.5. The lowest BCUT2D eigenvalue weighted by molar-refractivity contribution is -0.384. The summed E-state index contributed by atoms with van der Waals surface area (Å²) >= 11 is 0. The molecule has 0 saturated carbocycles. The number of aromatic amines is 1. The van der Waals surface area contributed by atoms with Crippen molar-refractivity contribution in [3.8, 4) is 17.0 Å². The Morgan fingerprint density at radius 3 is 2.90 bits per heavy atom. The summed E-state index contributed by atoms with van der Waals surface area (Å²) in [6, 6.07) is 15.0. The highest BCUT2D eigenvalue weighted by molar-refractivity contribution is 5.94. The molecule has 2 N–H and O–H groups in total. The van der Waals surface area contributed by atoms with Crippen molar-refractivity contribution in [1.82, 2.24) is 15.6 Å². The molecule has 0 spiro atoms. The van der Waals surface area contributed by atoms with Gasteiger partial charge in [0.05, 0.1) is 23.4 Å². The summed E-state index contributed by atoms with van der Waals surface area (Å²) in [5.41, 5.74) is 4.38. The van der Waals surface area contributed by atoms with Crippen molar-refractivity contribution in [3.63, 3.8) is 0 Å². The van der Waals surface area contributed by atoms with E-state index < -0.39 is 10.8 Å². The highest BCUT2D eigenvalue weighted by Crippen LogP contribution is 2.28. The van der Waals surface area contributed by atoms with Crippen LogP contribution in [0.15, 0.2) is 59.7 Å². The molecule has 2 aromatic carbocycles. The average Bonchev–Trinajstić information content (AvgIpc) is 3.23. The summed E-state index contributed by atoms with van der Waals surface area (Å²) in [7, 11) is 0. The molecule has 0 aliphatic rings. The predicted octanol–water partition coefficient (Wildman–Crippen LogP) is 3.54. The minimum atomic E-state index is -0.496. The molecule has 0 aliphatic carbocycles. The summed E-state index contributed by atoms with van der Waals surface area (Å²) < 4.78 is 5.72. The summed E-state index contributed by atoms with van der Waals surface area (Å²) in [5.74, 6) is 0.203. The smallest absolute Gasteiger partial charge is 0.289 e. The summed E-state index contributed by atoms with van der Waals surface area (Å²) in [6.07, 6.45) is 2.21. The number of nitrogens with zero attached hydrogens (tertiary/aromatic N) is 3. The highest BCUT2D eigenvalue weighted by atomic mass is 16.6. The van der Waals surface area contributed by atoms with Gasteiger partial charge < -0.3 is 4.74 Å². The van der Waals surface area contributed by atoms with E-state index in [0.29, 0.717) is 23.6 Å². The molecule has 9 nitrogen and oxygen atoms in total. The Morgan fingerprint density at radius 2 is 2.10 bits per heavy atom. The number of rotatable bonds is 8. The molecule has 1 heterocycles. The quantitative estimate of drug-likeness (QED) is 0.344. The van der Waals surface area contributed by atoms with Crippen LogP contribution in [0.2, 0.25) is 0 Å². The summed E-state index contributed by atoms with van der Waals surface area (Å²) in [6.45, 7) is 2.61. The Balaban J connectivity index is 1.69. The van der Waals surface area contributed by atoms with Crippen molar-refractivity contribution >= 4 is 17.8 Å². The van der Waals surface area contributed by atoms with E-state index in [1.165, 1.54) is 18.3 Å². The Kier molecular flexibility index (Phi) is 6.31. The Bertz CT molecular complexity index is 1040. The number of carbonyl (C=O) groups excluding carboxylic acids is 1. The van der Waals surface area contributed by atoms with Crippen LogP contribution >= 0.6 is 0 Å². The number of carbonyl (C=O) groups is 1. The van der Waals surface area contributed by atoms with Crippen molar-refractivity contribution in [1.29, 1.82) is 0 Å². The molecule has 0 unspecified atom stereocenters. The third kappa shape index (κ3) is 5.04. The van der Waals surface area contributed by atoms with Gasteiger partial charge in [0.1, 0.15) is 11.4 Å². The second-order valence-electron chi connectivity index (χ2n) is 6.06. The maximum atomic E-state index is 12.3. The molecular weight excluding hydrogens is 374 g/mol. The van der Waals surface area contributed by atoms with Crippen LogP contribution in [0.4, 0.5) is 5.69 Å². The van der Waals surface area contributed by atoms with E-state index in [0.717, 1.165) is 12.0 Å². The number of benzene rings is 2. The number of nitrogens with one attached hydrogen (secondary N) is 2. The fraction of sp³-hybridized carbons (Fsp3) is 0.150. The van der Waals surface area contributed by atoms with Gasteiger partial charge in [-0.25, -0.2) is 5.43 Å². The van der Waals surface area contributed by atoms with Crippen LogP contribution < -0.4 is 10.2 Å². The molecule has 0 atom stereocenters. The topological polar surface area (TPSA) is 123 Å². The lowest BCUT2D eigenvalue weighted by Gasteiger charge is -2.08. The number of hydrazone groups is 1. The number of nitro groups is 1. The first-order chi connectivity index (χ1) is 14.1. The molecule has 1 amide bonds. The minimum absolute atomic E-state index is 0.0533. The monoisotopic (exact) mass is 393 g/mol. The second-order valence-corrected chi connectivity index (χ2v) is 6.06. The molecule has 29 heavy (non-hydrogen) atoms. The van der Waals surface area contributed by atoms with E-state index in [4.69, 9.17) is 4.74 Å².